The molecular weight excluding hydrogens is 338 g/mol. The minimum atomic E-state index is 0.354. The number of hydrogen-bond donors (Lipinski definition) is 2. The Bertz CT molecular complexity index is 905. The normalized spacial score (nSPS) is 17.8. The molecule has 0 bridgehead atoms. The average Bonchev–Trinajstić information content (AvgIpc) is 3.07. The van der Waals surface area contributed by atoms with E-state index in [4.69, 9.17) is 0 Å². The highest BCUT2D eigenvalue weighted by molar-refractivity contribution is 5.55. The van der Waals surface area contributed by atoms with Crippen molar-refractivity contribution in [2.24, 2.45) is 0 Å². The van der Waals surface area contributed by atoms with Crippen LogP contribution in [0.2, 0.25) is 0 Å². The van der Waals surface area contributed by atoms with Gasteiger partial charge in [-0.1, -0.05) is 6.07 Å². The van der Waals surface area contributed by atoms with Crippen LogP contribution in [-0.2, 0) is 6.54 Å². The van der Waals surface area contributed by atoms with Crippen molar-refractivity contribution in [1.29, 1.82) is 0 Å². The number of likely N-dealkylation sites (tertiary alicyclic amines) is 1. The summed E-state index contributed by atoms with van der Waals surface area (Å²) in [6.07, 6.45) is 7.72. The van der Waals surface area contributed by atoms with Crippen LogP contribution in [0.1, 0.15) is 41.4 Å². The monoisotopic (exact) mass is 363 g/mol. The second-order valence-electron chi connectivity index (χ2n) is 7.17. The quantitative estimate of drug-likeness (QED) is 0.723. The maximum atomic E-state index is 4.67. The van der Waals surface area contributed by atoms with Crippen molar-refractivity contribution in [2.45, 2.75) is 39.2 Å². The number of aryl methyl sites for hydroxylation is 2. The zero-order valence-corrected chi connectivity index (χ0v) is 15.8. The number of anilines is 2. The molecule has 3 aromatic heterocycles. The standard InChI is InChI=1S/C20H25N7/c1-14-5-3-7-18(24-14)25-20-19(21-8-9-22-20)16-6-4-10-27(12-16)13-17-11-23-26-15(17)2/h3,5,7-9,11,16H,4,6,10,12-13H2,1-2H3,(H,23,26)(H,22,24,25)/t16-/m1/s1. The molecule has 4 rings (SSSR count). The van der Waals surface area contributed by atoms with Crippen molar-refractivity contribution >= 4 is 11.6 Å². The molecule has 1 aliphatic rings. The second kappa shape index (κ2) is 7.84. The summed E-state index contributed by atoms with van der Waals surface area (Å²) in [6, 6.07) is 5.94. The van der Waals surface area contributed by atoms with E-state index in [0.717, 1.165) is 61.2 Å². The SMILES string of the molecule is Cc1cccc(Nc2nccnc2[C@@H]2CCCN(Cc3cn[nH]c3C)C2)n1. The number of aromatic nitrogens is 5. The van der Waals surface area contributed by atoms with Crippen molar-refractivity contribution in [3.05, 3.63) is 59.4 Å². The number of rotatable bonds is 5. The van der Waals surface area contributed by atoms with Gasteiger partial charge in [-0.25, -0.2) is 9.97 Å². The fraction of sp³-hybridized carbons (Fsp3) is 0.400. The molecule has 27 heavy (non-hydrogen) atoms. The summed E-state index contributed by atoms with van der Waals surface area (Å²) in [4.78, 5) is 16.2. The van der Waals surface area contributed by atoms with Crippen LogP contribution in [0, 0.1) is 13.8 Å². The number of nitrogens with zero attached hydrogens (tertiary/aromatic N) is 5. The van der Waals surface area contributed by atoms with Gasteiger partial charge in [0.1, 0.15) is 5.82 Å². The smallest absolute Gasteiger partial charge is 0.153 e. The van der Waals surface area contributed by atoms with E-state index in [1.54, 1.807) is 12.4 Å². The molecule has 0 unspecified atom stereocenters. The maximum Gasteiger partial charge on any atom is 0.153 e. The van der Waals surface area contributed by atoms with Gasteiger partial charge in [-0.15, -0.1) is 0 Å². The molecule has 7 nitrogen and oxygen atoms in total. The van der Waals surface area contributed by atoms with Crippen LogP contribution < -0.4 is 5.32 Å². The summed E-state index contributed by atoms with van der Waals surface area (Å²) >= 11 is 0. The lowest BCUT2D eigenvalue weighted by Gasteiger charge is -2.32. The summed E-state index contributed by atoms with van der Waals surface area (Å²) in [5, 5.41) is 10.5. The first-order chi connectivity index (χ1) is 13.2. The van der Waals surface area contributed by atoms with Gasteiger partial charge in [0.05, 0.1) is 11.9 Å². The van der Waals surface area contributed by atoms with Crippen molar-refractivity contribution < 1.29 is 0 Å². The van der Waals surface area contributed by atoms with Crippen molar-refractivity contribution in [3.63, 3.8) is 0 Å². The lowest BCUT2D eigenvalue weighted by atomic mass is 9.94. The summed E-state index contributed by atoms with van der Waals surface area (Å²) in [5.41, 5.74) is 4.40. The van der Waals surface area contributed by atoms with Crippen LogP contribution in [0.5, 0.6) is 0 Å². The topological polar surface area (TPSA) is 82.6 Å². The van der Waals surface area contributed by atoms with Gasteiger partial charge in [-0.2, -0.15) is 5.10 Å². The van der Waals surface area contributed by atoms with Crippen molar-refractivity contribution in [3.8, 4) is 0 Å². The van der Waals surface area contributed by atoms with Gasteiger partial charge >= 0.3 is 0 Å². The van der Waals surface area contributed by atoms with E-state index >= 15 is 0 Å². The second-order valence-corrected chi connectivity index (χ2v) is 7.17. The molecule has 1 atom stereocenters. The third-order valence-electron chi connectivity index (χ3n) is 5.08. The highest BCUT2D eigenvalue weighted by Gasteiger charge is 2.25. The first-order valence-electron chi connectivity index (χ1n) is 9.42. The zero-order valence-electron chi connectivity index (χ0n) is 15.8. The number of nitrogens with one attached hydrogen (secondary N) is 2. The molecule has 0 saturated carbocycles. The lowest BCUT2D eigenvalue weighted by Crippen LogP contribution is -2.34. The summed E-state index contributed by atoms with van der Waals surface area (Å²) in [5.74, 6) is 1.97. The van der Waals surface area contributed by atoms with Gasteiger partial charge in [0.2, 0.25) is 0 Å². The van der Waals surface area contributed by atoms with E-state index < -0.39 is 0 Å². The zero-order chi connectivity index (χ0) is 18.6. The van der Waals surface area contributed by atoms with Gasteiger partial charge in [0.15, 0.2) is 5.82 Å². The lowest BCUT2D eigenvalue weighted by molar-refractivity contribution is 0.198. The molecule has 7 heteroatoms. The maximum absolute atomic E-state index is 4.67. The molecule has 0 aliphatic carbocycles. The third-order valence-corrected chi connectivity index (χ3v) is 5.08. The molecule has 1 fully saturated rings. The van der Waals surface area contributed by atoms with Crippen LogP contribution >= 0.6 is 0 Å². The van der Waals surface area contributed by atoms with Gasteiger partial charge < -0.3 is 5.32 Å². The molecule has 4 heterocycles. The van der Waals surface area contributed by atoms with Crippen molar-refractivity contribution in [1.82, 2.24) is 30.0 Å². The van der Waals surface area contributed by atoms with E-state index in [1.165, 1.54) is 5.56 Å². The molecule has 0 radical (unpaired) electrons. The number of aromatic amines is 1. The van der Waals surface area contributed by atoms with E-state index in [9.17, 15) is 0 Å². The number of H-pyrrole nitrogens is 1. The minimum Gasteiger partial charge on any atom is -0.323 e. The van der Waals surface area contributed by atoms with Crippen LogP contribution in [0.3, 0.4) is 0 Å². The van der Waals surface area contributed by atoms with E-state index in [0.29, 0.717) is 5.92 Å². The summed E-state index contributed by atoms with van der Waals surface area (Å²) < 4.78 is 0. The molecule has 1 saturated heterocycles. The molecule has 2 N–H and O–H groups in total. The molecule has 1 aliphatic heterocycles. The van der Waals surface area contributed by atoms with Crippen LogP contribution in [0.25, 0.3) is 0 Å². The Morgan fingerprint density at radius 1 is 1.22 bits per heavy atom. The highest BCUT2D eigenvalue weighted by Crippen LogP contribution is 2.31. The van der Waals surface area contributed by atoms with E-state index in [2.05, 4.69) is 42.3 Å². The Kier molecular flexibility index (Phi) is 5.11. The van der Waals surface area contributed by atoms with Crippen LogP contribution in [-0.4, -0.2) is 43.1 Å². The predicted molar refractivity (Wildman–Crippen MR) is 105 cm³/mol. The van der Waals surface area contributed by atoms with Crippen LogP contribution in [0.15, 0.2) is 36.8 Å². The largest absolute Gasteiger partial charge is 0.323 e. The highest BCUT2D eigenvalue weighted by atomic mass is 15.2. The first kappa shape index (κ1) is 17.6. The number of pyridine rings is 1. The van der Waals surface area contributed by atoms with E-state index in [-0.39, 0.29) is 0 Å². The fourth-order valence-corrected chi connectivity index (χ4v) is 3.68. The molecule has 0 spiro atoms. The number of piperidine rings is 1. The van der Waals surface area contributed by atoms with Crippen molar-refractivity contribution in [2.75, 3.05) is 18.4 Å². The van der Waals surface area contributed by atoms with Gasteiger partial charge in [-0.3, -0.25) is 15.0 Å². The Labute approximate surface area is 159 Å². The molecular formula is C20H25N7. The van der Waals surface area contributed by atoms with Gasteiger partial charge in [0, 0.05) is 48.4 Å². The minimum absolute atomic E-state index is 0.354. The van der Waals surface area contributed by atoms with Gasteiger partial charge in [0.25, 0.3) is 0 Å². The van der Waals surface area contributed by atoms with E-state index in [1.807, 2.05) is 31.3 Å². The summed E-state index contributed by atoms with van der Waals surface area (Å²) in [6.45, 7) is 7.05. The summed E-state index contributed by atoms with van der Waals surface area (Å²) in [7, 11) is 0. The Balaban J connectivity index is 1.51. The molecule has 140 valence electrons. The Hall–Kier alpha value is -2.80. The molecule has 3 aromatic rings. The Morgan fingerprint density at radius 3 is 2.93 bits per heavy atom. The van der Waals surface area contributed by atoms with Gasteiger partial charge in [-0.05, 0) is 45.4 Å². The first-order valence-corrected chi connectivity index (χ1v) is 9.42. The molecule has 0 aromatic carbocycles. The molecule has 0 amide bonds. The Morgan fingerprint density at radius 2 is 2.11 bits per heavy atom. The fourth-order valence-electron chi connectivity index (χ4n) is 3.68. The third kappa shape index (κ3) is 4.14. The number of hydrogen-bond acceptors (Lipinski definition) is 6. The van der Waals surface area contributed by atoms with Crippen LogP contribution in [0.4, 0.5) is 11.6 Å². The average molecular weight is 363 g/mol. The predicted octanol–water partition coefficient (Wildman–Crippen LogP) is 3.33.